The second-order valence-electron chi connectivity index (χ2n) is 7.57. The van der Waals surface area contributed by atoms with Crippen molar-refractivity contribution in [3.63, 3.8) is 0 Å². The van der Waals surface area contributed by atoms with Gasteiger partial charge in [-0.05, 0) is 62.4 Å². The van der Waals surface area contributed by atoms with Crippen LogP contribution in [0.1, 0.15) is 52.9 Å². The van der Waals surface area contributed by atoms with Gasteiger partial charge in [-0.1, -0.05) is 0 Å². The second kappa shape index (κ2) is 9.43. The molecular weight excluding hydrogens is 438 g/mol. The maximum absolute atomic E-state index is 13.1. The third-order valence-electron chi connectivity index (χ3n) is 4.02. The van der Waals surface area contributed by atoms with Crippen molar-refractivity contribution < 1.29 is 36.6 Å². The van der Waals surface area contributed by atoms with Gasteiger partial charge in [0.05, 0.1) is 12.5 Å². The molecule has 0 aromatic carbocycles. The van der Waals surface area contributed by atoms with Gasteiger partial charge in [0.1, 0.15) is 5.60 Å². The van der Waals surface area contributed by atoms with Crippen LogP contribution >= 0.6 is 15.9 Å². The van der Waals surface area contributed by atoms with Crippen LogP contribution in [0, 0.1) is 5.92 Å². The summed E-state index contributed by atoms with van der Waals surface area (Å²) in [6.45, 7) is 5.93. The molecule has 1 amide bonds. The van der Waals surface area contributed by atoms with E-state index in [0.717, 1.165) is 0 Å². The van der Waals surface area contributed by atoms with E-state index in [9.17, 15) is 27.2 Å². The smallest absolute Gasteiger partial charge is 0.410 e. The van der Waals surface area contributed by atoms with Gasteiger partial charge < -0.3 is 14.4 Å². The Morgan fingerprint density at radius 3 is 2.11 bits per heavy atom. The Morgan fingerprint density at radius 2 is 1.63 bits per heavy atom. The number of likely N-dealkylation sites (tertiary alicyclic amines) is 1. The van der Waals surface area contributed by atoms with Crippen LogP contribution in [-0.4, -0.2) is 53.0 Å². The normalized spacial score (nSPS) is 17.0. The number of esters is 1. The third kappa shape index (κ3) is 8.23. The fraction of sp³-hybridized carbons (Fsp3) is 0.882. The number of unbranched alkanes of at least 4 members (excludes halogenated alkanes) is 1. The van der Waals surface area contributed by atoms with Crippen LogP contribution in [-0.2, 0) is 14.3 Å². The van der Waals surface area contributed by atoms with Gasteiger partial charge in [0.2, 0.25) is 0 Å². The quantitative estimate of drug-likeness (QED) is 0.231. The molecule has 1 heterocycles. The summed E-state index contributed by atoms with van der Waals surface area (Å²) in [6.07, 6.45) is -0.715. The van der Waals surface area contributed by atoms with Gasteiger partial charge in [-0.15, -0.1) is 0 Å². The fourth-order valence-electron chi connectivity index (χ4n) is 2.51. The Hall–Kier alpha value is -1.06. The Bertz CT molecular complexity index is 512. The first kappa shape index (κ1) is 24.0. The third-order valence-corrected chi connectivity index (χ3v) is 4.60. The van der Waals surface area contributed by atoms with Gasteiger partial charge in [0.25, 0.3) is 0 Å². The summed E-state index contributed by atoms with van der Waals surface area (Å²) in [5, 5.41) is 0. The zero-order valence-electron chi connectivity index (χ0n) is 15.7. The first-order valence-corrected chi connectivity index (χ1v) is 9.61. The summed E-state index contributed by atoms with van der Waals surface area (Å²) < 4.78 is 61.6. The average Bonchev–Trinajstić information content (AvgIpc) is 2.51. The van der Waals surface area contributed by atoms with E-state index in [2.05, 4.69) is 0 Å². The number of nitrogens with zero attached hydrogens (tertiary/aromatic N) is 1. The standard InChI is InChI=1S/C17H26BrF4NO4/c1-15(2,3)27-14(25)23-9-6-12(7-10-23)13(24)26-11-5-4-8-16(19,20)17(18,21)22/h12H,4-11H2,1-3H3. The first-order valence-electron chi connectivity index (χ1n) is 8.82. The van der Waals surface area contributed by atoms with Gasteiger partial charge in [-0.25, -0.2) is 4.79 Å². The molecule has 1 fully saturated rings. The molecule has 27 heavy (non-hydrogen) atoms. The summed E-state index contributed by atoms with van der Waals surface area (Å²) in [5.74, 6) is -4.99. The zero-order valence-corrected chi connectivity index (χ0v) is 17.3. The number of ether oxygens (including phenoxy) is 2. The molecule has 0 aromatic rings. The van der Waals surface area contributed by atoms with E-state index < -0.39 is 34.8 Å². The minimum absolute atomic E-state index is 0.0706. The van der Waals surface area contributed by atoms with Crippen LogP contribution in [0.4, 0.5) is 22.4 Å². The molecule has 0 atom stereocenters. The minimum atomic E-state index is -4.25. The molecule has 0 radical (unpaired) electrons. The largest absolute Gasteiger partial charge is 0.465 e. The van der Waals surface area contributed by atoms with Crippen LogP contribution in [0.3, 0.4) is 0 Å². The first-order chi connectivity index (χ1) is 12.2. The summed E-state index contributed by atoms with van der Waals surface area (Å²) in [4.78, 5) is 21.2. The molecule has 1 saturated heterocycles. The zero-order chi connectivity index (χ0) is 20.9. The number of halogens is 5. The average molecular weight is 464 g/mol. The van der Waals surface area contributed by atoms with Crippen molar-refractivity contribution in [2.75, 3.05) is 19.7 Å². The molecule has 0 saturated carbocycles. The lowest BCUT2D eigenvalue weighted by molar-refractivity contribution is -0.154. The van der Waals surface area contributed by atoms with Crippen molar-refractivity contribution in [2.45, 2.75) is 69.2 Å². The van der Waals surface area contributed by atoms with Crippen molar-refractivity contribution in [3.8, 4) is 0 Å². The molecule has 1 rings (SSSR count). The number of alkyl halides is 5. The predicted molar refractivity (Wildman–Crippen MR) is 94.2 cm³/mol. The van der Waals surface area contributed by atoms with Crippen LogP contribution in [0.15, 0.2) is 0 Å². The SMILES string of the molecule is CC(C)(C)OC(=O)N1CCC(C(=O)OCCCCC(F)(F)C(F)(F)Br)CC1. The van der Waals surface area contributed by atoms with E-state index in [-0.39, 0.29) is 25.4 Å². The van der Waals surface area contributed by atoms with Gasteiger partial charge >= 0.3 is 22.8 Å². The molecule has 1 aliphatic heterocycles. The molecule has 0 unspecified atom stereocenters. The lowest BCUT2D eigenvalue weighted by atomic mass is 9.97. The van der Waals surface area contributed by atoms with E-state index in [0.29, 0.717) is 25.9 Å². The van der Waals surface area contributed by atoms with Gasteiger partial charge in [-0.2, -0.15) is 17.6 Å². The molecule has 0 aromatic heterocycles. The lowest BCUT2D eigenvalue weighted by Crippen LogP contribution is -2.43. The highest BCUT2D eigenvalue weighted by Crippen LogP contribution is 2.42. The molecule has 0 spiro atoms. The van der Waals surface area contributed by atoms with Crippen molar-refractivity contribution in [1.29, 1.82) is 0 Å². The van der Waals surface area contributed by atoms with Crippen molar-refractivity contribution in [3.05, 3.63) is 0 Å². The Labute approximate surface area is 164 Å². The summed E-state index contributed by atoms with van der Waals surface area (Å²) in [6, 6.07) is 0. The Morgan fingerprint density at radius 1 is 1.07 bits per heavy atom. The molecular formula is C17H26BrF4NO4. The highest BCUT2D eigenvalue weighted by Gasteiger charge is 2.53. The monoisotopic (exact) mass is 463 g/mol. The number of amides is 1. The van der Waals surface area contributed by atoms with E-state index in [4.69, 9.17) is 9.47 Å². The summed E-state index contributed by atoms with van der Waals surface area (Å²) in [7, 11) is 0. The number of rotatable bonds is 7. The molecule has 1 aliphatic rings. The van der Waals surface area contributed by atoms with Crippen molar-refractivity contribution in [1.82, 2.24) is 4.90 Å². The van der Waals surface area contributed by atoms with Crippen molar-refractivity contribution in [2.24, 2.45) is 5.92 Å². The van der Waals surface area contributed by atoms with Crippen LogP contribution < -0.4 is 0 Å². The van der Waals surface area contributed by atoms with E-state index in [1.165, 1.54) is 4.90 Å². The number of hydrogen-bond acceptors (Lipinski definition) is 4. The summed E-state index contributed by atoms with van der Waals surface area (Å²) in [5.41, 5.74) is -0.595. The second-order valence-corrected chi connectivity index (χ2v) is 8.56. The van der Waals surface area contributed by atoms with Crippen LogP contribution in [0.2, 0.25) is 0 Å². The fourth-order valence-corrected chi connectivity index (χ4v) is 2.70. The number of carbonyl (C=O) groups excluding carboxylic acids is 2. The van der Waals surface area contributed by atoms with Gasteiger partial charge in [-0.3, -0.25) is 4.79 Å². The molecule has 0 aliphatic carbocycles. The number of piperidine rings is 1. The lowest BCUT2D eigenvalue weighted by Gasteiger charge is -2.32. The maximum atomic E-state index is 13.1. The predicted octanol–water partition coefficient (Wildman–Crippen LogP) is 4.97. The van der Waals surface area contributed by atoms with Gasteiger partial charge in [0.15, 0.2) is 0 Å². The summed E-state index contributed by atoms with van der Waals surface area (Å²) >= 11 is 1.67. The maximum Gasteiger partial charge on any atom is 0.410 e. The highest BCUT2D eigenvalue weighted by molar-refractivity contribution is 9.10. The van der Waals surface area contributed by atoms with Crippen LogP contribution in [0.25, 0.3) is 0 Å². The minimum Gasteiger partial charge on any atom is -0.465 e. The molecule has 5 nitrogen and oxygen atoms in total. The van der Waals surface area contributed by atoms with Gasteiger partial charge in [0, 0.05) is 19.5 Å². The van der Waals surface area contributed by atoms with Crippen LogP contribution in [0.5, 0.6) is 0 Å². The molecule has 158 valence electrons. The number of carbonyl (C=O) groups is 2. The molecule has 0 N–H and O–H groups in total. The highest BCUT2D eigenvalue weighted by atomic mass is 79.9. The van der Waals surface area contributed by atoms with E-state index in [1.54, 1.807) is 36.7 Å². The van der Waals surface area contributed by atoms with E-state index >= 15 is 0 Å². The van der Waals surface area contributed by atoms with E-state index in [1.807, 2.05) is 0 Å². The molecule has 0 bridgehead atoms. The Kier molecular flexibility index (Phi) is 8.37. The van der Waals surface area contributed by atoms with Crippen molar-refractivity contribution >= 4 is 28.0 Å². The number of hydrogen-bond donors (Lipinski definition) is 0. The Balaban J connectivity index is 2.25. The molecule has 10 heteroatoms. The topological polar surface area (TPSA) is 55.8 Å².